The average Bonchev–Trinajstić information content (AvgIpc) is 3.70. The van der Waals surface area contributed by atoms with Gasteiger partial charge in [-0.2, -0.15) is 0 Å². The van der Waals surface area contributed by atoms with E-state index in [-0.39, 0.29) is 0 Å². The monoisotopic (exact) mass is 465 g/mol. The number of imidazole rings is 1. The third kappa shape index (κ3) is 4.34. The number of carbonyl (C=O) groups is 1. The zero-order valence-electron chi connectivity index (χ0n) is 19.9. The Labute approximate surface area is 205 Å². The van der Waals surface area contributed by atoms with Gasteiger partial charge in [-0.15, -0.1) is 0 Å². The SMILES string of the molecule is NC(=O)c1cc(C2=CN=C([C@@H]3CCCN3)C2)ccc1-c1ccc(-c2cnc(C3CCCC3)[nH]2)cc1. The number of aromatic amines is 1. The fourth-order valence-electron chi connectivity index (χ4n) is 5.72. The van der Waals surface area contributed by atoms with Crippen LogP contribution in [-0.4, -0.2) is 34.2 Å². The van der Waals surface area contributed by atoms with Gasteiger partial charge in [-0.1, -0.05) is 49.2 Å². The first-order valence-electron chi connectivity index (χ1n) is 12.7. The second kappa shape index (κ2) is 9.27. The van der Waals surface area contributed by atoms with E-state index in [9.17, 15) is 4.79 Å². The van der Waals surface area contributed by atoms with Crippen LogP contribution in [0, 0.1) is 0 Å². The number of nitrogens with one attached hydrogen (secondary N) is 2. The predicted molar refractivity (Wildman–Crippen MR) is 140 cm³/mol. The summed E-state index contributed by atoms with van der Waals surface area (Å²) in [5.74, 6) is 1.24. The maximum Gasteiger partial charge on any atom is 0.249 e. The summed E-state index contributed by atoms with van der Waals surface area (Å²) < 4.78 is 0. The summed E-state index contributed by atoms with van der Waals surface area (Å²) in [6, 6.07) is 14.6. The first kappa shape index (κ1) is 22.0. The predicted octanol–water partition coefficient (Wildman–Crippen LogP) is 5.44. The van der Waals surface area contributed by atoms with Crippen molar-refractivity contribution in [2.75, 3.05) is 6.54 Å². The van der Waals surface area contributed by atoms with E-state index < -0.39 is 5.91 Å². The highest BCUT2D eigenvalue weighted by Crippen LogP contribution is 2.35. The highest BCUT2D eigenvalue weighted by atomic mass is 16.1. The number of nitrogens with zero attached hydrogens (tertiary/aromatic N) is 2. The van der Waals surface area contributed by atoms with Gasteiger partial charge in [0.15, 0.2) is 0 Å². The van der Waals surface area contributed by atoms with Crippen LogP contribution in [0.15, 0.2) is 59.9 Å². The highest BCUT2D eigenvalue weighted by Gasteiger charge is 2.24. The van der Waals surface area contributed by atoms with Crippen LogP contribution in [0.3, 0.4) is 0 Å². The molecule has 1 aliphatic carbocycles. The molecule has 2 aromatic carbocycles. The van der Waals surface area contributed by atoms with Crippen molar-refractivity contribution in [1.82, 2.24) is 15.3 Å². The van der Waals surface area contributed by atoms with Crippen LogP contribution in [-0.2, 0) is 0 Å². The van der Waals surface area contributed by atoms with E-state index in [1.807, 2.05) is 24.5 Å². The van der Waals surface area contributed by atoms with Gasteiger partial charge in [-0.05, 0) is 66.1 Å². The molecule has 1 atom stereocenters. The standard InChI is InChI=1S/C29H31N5O/c30-28(35)24-14-21(22-15-26(32-16-22)25-6-3-13-31-25)11-12-23(24)18-7-9-19(10-8-18)27-17-33-29(34-27)20-4-1-2-5-20/h7-12,14,16-17,20,25,31H,1-6,13,15H2,(H2,30,35)(H,33,34)/t25-/m0/s1. The van der Waals surface area contributed by atoms with E-state index in [1.54, 1.807) is 0 Å². The third-order valence-corrected chi connectivity index (χ3v) is 7.72. The van der Waals surface area contributed by atoms with Crippen LogP contribution in [0.25, 0.3) is 28.0 Å². The van der Waals surface area contributed by atoms with Gasteiger partial charge in [0, 0.05) is 35.9 Å². The highest BCUT2D eigenvalue weighted by molar-refractivity contribution is 6.04. The molecular formula is C29H31N5O. The number of aromatic nitrogens is 2. The fraction of sp³-hybridized carbons (Fsp3) is 0.345. The van der Waals surface area contributed by atoms with E-state index in [2.05, 4.69) is 50.6 Å². The van der Waals surface area contributed by atoms with E-state index in [1.165, 1.54) is 37.8 Å². The summed E-state index contributed by atoms with van der Waals surface area (Å²) in [7, 11) is 0. The molecule has 0 radical (unpaired) electrons. The van der Waals surface area contributed by atoms with Gasteiger partial charge in [-0.3, -0.25) is 9.79 Å². The number of H-pyrrole nitrogens is 1. The molecular weight excluding hydrogens is 434 g/mol. The number of carbonyl (C=O) groups excluding carboxylic acids is 1. The molecule has 0 unspecified atom stereocenters. The molecule has 0 spiro atoms. The Kier molecular flexibility index (Phi) is 5.82. The summed E-state index contributed by atoms with van der Waals surface area (Å²) in [6.45, 7) is 1.06. The Morgan fingerprint density at radius 1 is 0.943 bits per heavy atom. The number of primary amides is 1. The second-order valence-corrected chi connectivity index (χ2v) is 9.97. The molecule has 3 heterocycles. The normalized spacial score (nSPS) is 20.3. The largest absolute Gasteiger partial charge is 0.366 e. The smallest absolute Gasteiger partial charge is 0.249 e. The number of allylic oxidation sites excluding steroid dienone is 1. The van der Waals surface area contributed by atoms with Crippen molar-refractivity contribution in [2.24, 2.45) is 10.7 Å². The molecule has 6 rings (SSSR count). The minimum Gasteiger partial charge on any atom is -0.366 e. The zero-order chi connectivity index (χ0) is 23.8. The summed E-state index contributed by atoms with van der Waals surface area (Å²) in [5.41, 5.74) is 13.6. The molecule has 0 bridgehead atoms. The summed E-state index contributed by atoms with van der Waals surface area (Å²) in [4.78, 5) is 25.2. The molecule has 2 aliphatic heterocycles. The number of rotatable bonds is 6. The van der Waals surface area contributed by atoms with Crippen molar-refractivity contribution in [3.63, 3.8) is 0 Å². The van der Waals surface area contributed by atoms with Gasteiger partial charge < -0.3 is 16.0 Å². The molecule has 6 heteroatoms. The van der Waals surface area contributed by atoms with Crippen LogP contribution in [0.4, 0.5) is 0 Å². The van der Waals surface area contributed by atoms with E-state index in [0.717, 1.165) is 58.7 Å². The lowest BCUT2D eigenvalue weighted by molar-refractivity contribution is 0.100. The molecule has 4 N–H and O–H groups in total. The third-order valence-electron chi connectivity index (χ3n) is 7.72. The topological polar surface area (TPSA) is 96.2 Å². The summed E-state index contributed by atoms with van der Waals surface area (Å²) in [5, 5.41) is 3.52. The van der Waals surface area contributed by atoms with Gasteiger partial charge >= 0.3 is 0 Å². The molecule has 178 valence electrons. The van der Waals surface area contributed by atoms with Crippen molar-refractivity contribution >= 4 is 17.2 Å². The van der Waals surface area contributed by atoms with Gasteiger partial charge in [0.05, 0.1) is 11.9 Å². The Morgan fingerprint density at radius 3 is 2.46 bits per heavy atom. The molecule has 3 aromatic rings. The van der Waals surface area contributed by atoms with Gasteiger partial charge in [-0.25, -0.2) is 4.98 Å². The van der Waals surface area contributed by atoms with Crippen LogP contribution in [0.5, 0.6) is 0 Å². The molecule has 2 fully saturated rings. The first-order chi connectivity index (χ1) is 17.2. The van der Waals surface area contributed by atoms with Gasteiger partial charge in [0.2, 0.25) is 5.91 Å². The van der Waals surface area contributed by atoms with Crippen molar-refractivity contribution in [3.8, 4) is 22.4 Å². The molecule has 1 saturated heterocycles. The number of nitrogens with two attached hydrogens (primary N) is 1. The van der Waals surface area contributed by atoms with Crippen LogP contribution in [0.2, 0.25) is 0 Å². The van der Waals surface area contributed by atoms with Crippen LogP contribution < -0.4 is 11.1 Å². The Morgan fingerprint density at radius 2 is 1.71 bits per heavy atom. The maximum absolute atomic E-state index is 12.4. The molecule has 35 heavy (non-hydrogen) atoms. The maximum atomic E-state index is 12.4. The first-order valence-corrected chi connectivity index (χ1v) is 12.7. The molecule has 1 saturated carbocycles. The molecule has 6 nitrogen and oxygen atoms in total. The Bertz CT molecular complexity index is 1310. The van der Waals surface area contributed by atoms with E-state index >= 15 is 0 Å². The quantitative estimate of drug-likeness (QED) is 0.452. The van der Waals surface area contributed by atoms with Gasteiger partial charge in [0.1, 0.15) is 5.82 Å². The number of hydrogen-bond donors (Lipinski definition) is 3. The van der Waals surface area contributed by atoms with Crippen molar-refractivity contribution in [3.05, 3.63) is 71.8 Å². The molecule has 1 aromatic heterocycles. The summed E-state index contributed by atoms with van der Waals surface area (Å²) >= 11 is 0. The van der Waals surface area contributed by atoms with Crippen molar-refractivity contribution < 1.29 is 4.79 Å². The number of amides is 1. The van der Waals surface area contributed by atoms with Crippen molar-refractivity contribution in [2.45, 2.75) is 56.9 Å². The number of aliphatic imine (C=N–C) groups is 1. The van der Waals surface area contributed by atoms with E-state index in [4.69, 9.17) is 5.73 Å². The zero-order valence-corrected chi connectivity index (χ0v) is 19.9. The summed E-state index contributed by atoms with van der Waals surface area (Å²) in [6.07, 6.45) is 12.0. The Balaban J connectivity index is 1.22. The van der Waals surface area contributed by atoms with Crippen molar-refractivity contribution in [1.29, 1.82) is 0 Å². The molecule has 3 aliphatic rings. The fourth-order valence-corrected chi connectivity index (χ4v) is 5.72. The Hall–Kier alpha value is -3.51. The van der Waals surface area contributed by atoms with Crippen LogP contribution >= 0.6 is 0 Å². The average molecular weight is 466 g/mol. The lowest BCUT2D eigenvalue weighted by atomic mass is 9.92. The molecule has 1 amide bonds. The van der Waals surface area contributed by atoms with Gasteiger partial charge in [0.25, 0.3) is 0 Å². The lowest BCUT2D eigenvalue weighted by Crippen LogP contribution is -2.29. The minimum atomic E-state index is -0.419. The number of hydrogen-bond acceptors (Lipinski definition) is 4. The van der Waals surface area contributed by atoms with Crippen LogP contribution in [0.1, 0.15) is 72.6 Å². The van der Waals surface area contributed by atoms with E-state index in [0.29, 0.717) is 17.5 Å². The second-order valence-electron chi connectivity index (χ2n) is 9.97. The number of benzene rings is 2. The lowest BCUT2D eigenvalue weighted by Gasteiger charge is -2.13. The minimum absolute atomic E-state index is 0.376.